The van der Waals surface area contributed by atoms with Crippen LogP contribution in [0.2, 0.25) is 0 Å². The summed E-state index contributed by atoms with van der Waals surface area (Å²) in [5.41, 5.74) is 3.16. The van der Waals surface area contributed by atoms with E-state index in [2.05, 4.69) is 22.6 Å². The molecule has 1 aliphatic carbocycles. The molecule has 3 heteroatoms. The summed E-state index contributed by atoms with van der Waals surface area (Å²) in [7, 11) is 0. The van der Waals surface area contributed by atoms with E-state index in [4.69, 9.17) is 0 Å². The second kappa shape index (κ2) is 4.20. The lowest BCUT2D eigenvalue weighted by Crippen LogP contribution is -2.21. The molecule has 1 heterocycles. The average molecular weight is 196 g/mol. The molecule has 1 aromatic heterocycles. The molecule has 72 valence electrons. The lowest BCUT2D eigenvalue weighted by Gasteiger charge is -2.14. The number of nitrogens with one attached hydrogen (secondary N) is 1. The third-order valence-corrected chi connectivity index (χ3v) is 3.13. The standard InChI is InChI=1S/C10H16N2S/c1-2-11-9(5-8-3-4-8)10-6-13-7-12-10/h6-9,11H,2-5H2,1H3. The summed E-state index contributed by atoms with van der Waals surface area (Å²) < 4.78 is 0. The van der Waals surface area contributed by atoms with E-state index < -0.39 is 0 Å². The predicted octanol–water partition coefficient (Wildman–Crippen LogP) is 2.59. The van der Waals surface area contributed by atoms with Crippen molar-refractivity contribution in [3.05, 3.63) is 16.6 Å². The molecule has 1 saturated carbocycles. The highest BCUT2D eigenvalue weighted by Crippen LogP contribution is 2.37. The first-order valence-corrected chi connectivity index (χ1v) is 5.96. The molecule has 1 aliphatic rings. The van der Waals surface area contributed by atoms with Crippen molar-refractivity contribution in [2.45, 2.75) is 32.2 Å². The zero-order chi connectivity index (χ0) is 9.10. The molecule has 0 aromatic carbocycles. The molecular formula is C10H16N2S. The van der Waals surface area contributed by atoms with Crippen LogP contribution in [0.5, 0.6) is 0 Å². The van der Waals surface area contributed by atoms with E-state index in [1.807, 2.05) is 5.51 Å². The van der Waals surface area contributed by atoms with Gasteiger partial charge in [-0.05, 0) is 18.9 Å². The van der Waals surface area contributed by atoms with Gasteiger partial charge in [-0.2, -0.15) is 0 Å². The topological polar surface area (TPSA) is 24.9 Å². The van der Waals surface area contributed by atoms with Crippen LogP contribution < -0.4 is 5.32 Å². The third kappa shape index (κ3) is 2.51. The highest BCUT2D eigenvalue weighted by atomic mass is 32.1. The van der Waals surface area contributed by atoms with Gasteiger partial charge in [0.1, 0.15) is 0 Å². The van der Waals surface area contributed by atoms with E-state index >= 15 is 0 Å². The molecular weight excluding hydrogens is 180 g/mol. The van der Waals surface area contributed by atoms with Gasteiger partial charge in [-0.25, -0.2) is 4.98 Å². The first-order chi connectivity index (χ1) is 6.40. The minimum absolute atomic E-state index is 0.503. The first kappa shape index (κ1) is 9.16. The zero-order valence-corrected chi connectivity index (χ0v) is 8.81. The van der Waals surface area contributed by atoms with Gasteiger partial charge < -0.3 is 5.32 Å². The Morgan fingerprint density at radius 3 is 3.08 bits per heavy atom. The van der Waals surface area contributed by atoms with Gasteiger partial charge in [-0.15, -0.1) is 11.3 Å². The van der Waals surface area contributed by atoms with E-state index in [-0.39, 0.29) is 0 Å². The molecule has 13 heavy (non-hydrogen) atoms. The summed E-state index contributed by atoms with van der Waals surface area (Å²) >= 11 is 1.69. The highest BCUT2D eigenvalue weighted by molar-refractivity contribution is 7.07. The average Bonchev–Trinajstić information content (AvgIpc) is 2.80. The van der Waals surface area contributed by atoms with Gasteiger partial charge in [0.15, 0.2) is 0 Å². The van der Waals surface area contributed by atoms with Crippen molar-refractivity contribution in [2.75, 3.05) is 6.54 Å². The van der Waals surface area contributed by atoms with Crippen molar-refractivity contribution in [1.82, 2.24) is 10.3 Å². The summed E-state index contributed by atoms with van der Waals surface area (Å²) in [6.45, 7) is 3.20. The van der Waals surface area contributed by atoms with Crippen LogP contribution in [-0.4, -0.2) is 11.5 Å². The Morgan fingerprint density at radius 2 is 2.54 bits per heavy atom. The van der Waals surface area contributed by atoms with E-state index in [0.717, 1.165) is 12.5 Å². The monoisotopic (exact) mass is 196 g/mol. The van der Waals surface area contributed by atoms with E-state index in [1.54, 1.807) is 11.3 Å². The Bertz CT molecular complexity index is 241. The van der Waals surface area contributed by atoms with Gasteiger partial charge in [0.05, 0.1) is 17.2 Å². The number of thiazole rings is 1. The van der Waals surface area contributed by atoms with Crippen molar-refractivity contribution in [2.24, 2.45) is 5.92 Å². The Morgan fingerprint density at radius 1 is 1.69 bits per heavy atom. The number of nitrogens with zero attached hydrogens (tertiary/aromatic N) is 1. The summed E-state index contributed by atoms with van der Waals surface area (Å²) in [6, 6.07) is 0.503. The number of hydrogen-bond donors (Lipinski definition) is 1. The third-order valence-electron chi connectivity index (χ3n) is 2.52. The van der Waals surface area contributed by atoms with Gasteiger partial charge in [0, 0.05) is 5.38 Å². The van der Waals surface area contributed by atoms with Crippen molar-refractivity contribution in [3.63, 3.8) is 0 Å². The predicted molar refractivity (Wildman–Crippen MR) is 55.9 cm³/mol. The Hall–Kier alpha value is -0.410. The van der Waals surface area contributed by atoms with Crippen LogP contribution in [0.3, 0.4) is 0 Å². The fraction of sp³-hybridized carbons (Fsp3) is 0.700. The molecule has 0 saturated heterocycles. The largest absolute Gasteiger partial charge is 0.309 e. The molecule has 0 spiro atoms. The van der Waals surface area contributed by atoms with Gasteiger partial charge in [0.2, 0.25) is 0 Å². The minimum atomic E-state index is 0.503. The van der Waals surface area contributed by atoms with Crippen LogP contribution in [0.15, 0.2) is 10.9 Å². The smallest absolute Gasteiger partial charge is 0.0795 e. The lowest BCUT2D eigenvalue weighted by molar-refractivity contribution is 0.478. The molecule has 1 aromatic rings. The SMILES string of the molecule is CCNC(CC1CC1)c1cscn1. The lowest BCUT2D eigenvalue weighted by atomic mass is 10.1. The number of aromatic nitrogens is 1. The maximum atomic E-state index is 4.37. The molecule has 0 bridgehead atoms. The van der Waals surface area contributed by atoms with Crippen molar-refractivity contribution >= 4 is 11.3 Å². The fourth-order valence-corrected chi connectivity index (χ4v) is 2.24. The Kier molecular flexibility index (Phi) is 2.96. The maximum Gasteiger partial charge on any atom is 0.0795 e. The Balaban J connectivity index is 1.95. The number of hydrogen-bond acceptors (Lipinski definition) is 3. The van der Waals surface area contributed by atoms with Crippen LogP contribution in [-0.2, 0) is 0 Å². The molecule has 2 rings (SSSR count). The second-order valence-corrected chi connectivity index (χ2v) is 4.42. The van der Waals surface area contributed by atoms with E-state index in [0.29, 0.717) is 6.04 Å². The highest BCUT2D eigenvalue weighted by Gasteiger charge is 2.26. The molecule has 1 fully saturated rings. The minimum Gasteiger partial charge on any atom is -0.309 e. The normalized spacial score (nSPS) is 18.8. The van der Waals surface area contributed by atoms with E-state index in [9.17, 15) is 0 Å². The van der Waals surface area contributed by atoms with Crippen molar-refractivity contribution < 1.29 is 0 Å². The van der Waals surface area contributed by atoms with Crippen molar-refractivity contribution in [1.29, 1.82) is 0 Å². The quantitative estimate of drug-likeness (QED) is 0.783. The molecule has 1 atom stereocenters. The van der Waals surface area contributed by atoms with E-state index in [1.165, 1.54) is 25.0 Å². The second-order valence-electron chi connectivity index (χ2n) is 3.70. The number of rotatable bonds is 5. The van der Waals surface area contributed by atoms with Gasteiger partial charge in [0.25, 0.3) is 0 Å². The van der Waals surface area contributed by atoms with Crippen LogP contribution in [0, 0.1) is 5.92 Å². The summed E-state index contributed by atoms with van der Waals surface area (Å²) in [4.78, 5) is 4.37. The van der Waals surface area contributed by atoms with Gasteiger partial charge in [-0.3, -0.25) is 0 Å². The molecule has 0 aliphatic heterocycles. The van der Waals surface area contributed by atoms with Crippen LogP contribution >= 0.6 is 11.3 Å². The first-order valence-electron chi connectivity index (χ1n) is 5.01. The van der Waals surface area contributed by atoms with Crippen LogP contribution in [0.25, 0.3) is 0 Å². The zero-order valence-electron chi connectivity index (χ0n) is 7.99. The van der Waals surface area contributed by atoms with Gasteiger partial charge in [-0.1, -0.05) is 19.8 Å². The van der Waals surface area contributed by atoms with Crippen molar-refractivity contribution in [3.8, 4) is 0 Å². The molecule has 2 nitrogen and oxygen atoms in total. The Labute approximate surface area is 83.4 Å². The van der Waals surface area contributed by atoms with Gasteiger partial charge >= 0.3 is 0 Å². The van der Waals surface area contributed by atoms with Crippen LogP contribution in [0.1, 0.15) is 37.9 Å². The summed E-state index contributed by atoms with van der Waals surface area (Å²) in [5.74, 6) is 0.964. The summed E-state index contributed by atoms with van der Waals surface area (Å²) in [6.07, 6.45) is 4.12. The molecule has 0 radical (unpaired) electrons. The molecule has 1 N–H and O–H groups in total. The summed E-state index contributed by atoms with van der Waals surface area (Å²) in [5, 5.41) is 5.66. The molecule has 1 unspecified atom stereocenters. The molecule has 0 amide bonds. The maximum absolute atomic E-state index is 4.37. The van der Waals surface area contributed by atoms with Crippen LogP contribution in [0.4, 0.5) is 0 Å². The fourth-order valence-electron chi connectivity index (χ4n) is 1.64.